The summed E-state index contributed by atoms with van der Waals surface area (Å²) in [5.41, 5.74) is 2.14. The summed E-state index contributed by atoms with van der Waals surface area (Å²) in [6.45, 7) is 0.691. The lowest BCUT2D eigenvalue weighted by Gasteiger charge is -2.14. The molecule has 0 fully saturated rings. The summed E-state index contributed by atoms with van der Waals surface area (Å²) in [5, 5.41) is 7.72. The summed E-state index contributed by atoms with van der Waals surface area (Å²) in [6.07, 6.45) is -3.14. The predicted octanol–water partition coefficient (Wildman–Crippen LogP) is 4.46. The van der Waals surface area contributed by atoms with Gasteiger partial charge in [0.25, 0.3) is 0 Å². The Morgan fingerprint density at radius 3 is 2.56 bits per heavy atom. The van der Waals surface area contributed by atoms with E-state index in [4.69, 9.17) is 4.74 Å². The molecule has 1 aliphatic rings. The molecule has 1 aliphatic heterocycles. The number of rotatable bonds is 4. The SMILES string of the molecule is COc1ccc(Cc2nn(-c3ccccc3C(F)(F)F)c3c2CCN3)cc1. The van der Waals surface area contributed by atoms with E-state index in [1.165, 1.54) is 16.8 Å². The number of halogens is 3. The number of ether oxygens (including phenoxy) is 1. The van der Waals surface area contributed by atoms with Crippen LogP contribution in [0, 0.1) is 0 Å². The molecule has 2 aromatic carbocycles. The maximum absolute atomic E-state index is 13.4. The van der Waals surface area contributed by atoms with Gasteiger partial charge < -0.3 is 10.1 Å². The van der Waals surface area contributed by atoms with Crippen LogP contribution in [0.1, 0.15) is 22.4 Å². The van der Waals surface area contributed by atoms with Gasteiger partial charge in [-0.05, 0) is 36.2 Å². The molecular weight excluding hydrogens is 355 g/mol. The fourth-order valence-corrected chi connectivity index (χ4v) is 3.40. The number of para-hydroxylation sites is 1. The minimum Gasteiger partial charge on any atom is -0.497 e. The number of nitrogens with zero attached hydrogens (tertiary/aromatic N) is 2. The van der Waals surface area contributed by atoms with Crippen molar-refractivity contribution < 1.29 is 17.9 Å². The van der Waals surface area contributed by atoms with Gasteiger partial charge in [-0.15, -0.1) is 0 Å². The molecule has 0 radical (unpaired) electrons. The fourth-order valence-electron chi connectivity index (χ4n) is 3.40. The second-order valence-corrected chi connectivity index (χ2v) is 6.40. The van der Waals surface area contributed by atoms with Gasteiger partial charge in [-0.1, -0.05) is 24.3 Å². The highest BCUT2D eigenvalue weighted by Gasteiger charge is 2.35. The number of aromatic nitrogens is 2. The Hall–Kier alpha value is -2.96. The van der Waals surface area contributed by atoms with E-state index >= 15 is 0 Å². The third-order valence-electron chi connectivity index (χ3n) is 4.70. The first-order chi connectivity index (χ1) is 13.0. The van der Waals surface area contributed by atoms with Crippen molar-refractivity contribution in [1.82, 2.24) is 9.78 Å². The number of hydrogen-bond acceptors (Lipinski definition) is 3. The zero-order valence-electron chi connectivity index (χ0n) is 14.7. The quantitative estimate of drug-likeness (QED) is 0.734. The number of methoxy groups -OCH3 is 1. The third kappa shape index (κ3) is 3.25. The molecule has 0 spiro atoms. The lowest BCUT2D eigenvalue weighted by molar-refractivity contribution is -0.137. The van der Waals surface area contributed by atoms with Crippen LogP contribution in [0.5, 0.6) is 5.75 Å². The van der Waals surface area contributed by atoms with Gasteiger partial charge >= 0.3 is 6.18 Å². The van der Waals surface area contributed by atoms with Gasteiger partial charge in [0.2, 0.25) is 0 Å². The molecule has 0 bridgehead atoms. The largest absolute Gasteiger partial charge is 0.497 e. The maximum Gasteiger partial charge on any atom is 0.418 e. The van der Waals surface area contributed by atoms with E-state index in [9.17, 15) is 13.2 Å². The zero-order valence-corrected chi connectivity index (χ0v) is 14.7. The van der Waals surface area contributed by atoms with Crippen molar-refractivity contribution in [2.45, 2.75) is 19.0 Å². The summed E-state index contributed by atoms with van der Waals surface area (Å²) in [7, 11) is 1.60. The fraction of sp³-hybridized carbons (Fsp3) is 0.250. The molecule has 0 atom stereocenters. The van der Waals surface area contributed by atoms with E-state index in [2.05, 4.69) is 10.4 Å². The molecule has 4 nitrogen and oxygen atoms in total. The lowest BCUT2D eigenvalue weighted by atomic mass is 10.1. The van der Waals surface area contributed by atoms with Crippen LogP contribution in [0.2, 0.25) is 0 Å². The Morgan fingerprint density at radius 1 is 1.11 bits per heavy atom. The molecule has 0 unspecified atom stereocenters. The van der Waals surface area contributed by atoms with Crippen LogP contribution in [0.3, 0.4) is 0 Å². The zero-order chi connectivity index (χ0) is 19.0. The molecule has 3 aromatic rings. The lowest BCUT2D eigenvalue weighted by Crippen LogP contribution is -2.13. The van der Waals surface area contributed by atoms with E-state index in [-0.39, 0.29) is 5.69 Å². The van der Waals surface area contributed by atoms with E-state index < -0.39 is 11.7 Å². The topological polar surface area (TPSA) is 39.1 Å². The summed E-state index contributed by atoms with van der Waals surface area (Å²) < 4.78 is 46.9. The number of fused-ring (bicyclic) bond motifs is 1. The molecule has 4 rings (SSSR count). The molecule has 27 heavy (non-hydrogen) atoms. The van der Waals surface area contributed by atoms with Gasteiger partial charge in [0.15, 0.2) is 0 Å². The van der Waals surface area contributed by atoms with Crippen molar-refractivity contribution in [2.24, 2.45) is 0 Å². The van der Waals surface area contributed by atoms with Crippen molar-refractivity contribution in [1.29, 1.82) is 0 Å². The van der Waals surface area contributed by atoms with E-state index in [0.29, 0.717) is 18.8 Å². The summed E-state index contributed by atoms with van der Waals surface area (Å²) in [5.74, 6) is 1.41. The minimum atomic E-state index is -4.44. The van der Waals surface area contributed by atoms with Crippen molar-refractivity contribution in [3.8, 4) is 11.4 Å². The van der Waals surface area contributed by atoms with Crippen molar-refractivity contribution >= 4 is 5.82 Å². The van der Waals surface area contributed by atoms with Gasteiger partial charge in [-0.3, -0.25) is 0 Å². The Morgan fingerprint density at radius 2 is 1.85 bits per heavy atom. The van der Waals surface area contributed by atoms with Gasteiger partial charge in [0.05, 0.1) is 24.1 Å². The molecule has 7 heteroatoms. The maximum atomic E-state index is 13.4. The number of anilines is 1. The normalized spacial score (nSPS) is 13.3. The molecule has 140 valence electrons. The minimum absolute atomic E-state index is 0.0385. The Bertz CT molecular complexity index is 962. The van der Waals surface area contributed by atoms with Crippen LogP contribution in [0.25, 0.3) is 5.69 Å². The average Bonchev–Trinajstić information content (AvgIpc) is 3.25. The van der Waals surface area contributed by atoms with Crippen molar-refractivity contribution in [3.63, 3.8) is 0 Å². The highest BCUT2D eigenvalue weighted by Crippen LogP contribution is 2.37. The molecule has 2 heterocycles. The molecule has 1 aromatic heterocycles. The number of hydrogen-bond donors (Lipinski definition) is 1. The monoisotopic (exact) mass is 373 g/mol. The molecule has 0 saturated carbocycles. The number of benzene rings is 2. The van der Waals surface area contributed by atoms with Gasteiger partial charge in [-0.25, -0.2) is 4.68 Å². The first-order valence-electron chi connectivity index (χ1n) is 8.61. The molecule has 0 amide bonds. The van der Waals surface area contributed by atoms with Crippen LogP contribution in [-0.2, 0) is 19.0 Å². The Kier molecular flexibility index (Phi) is 4.30. The first-order valence-corrected chi connectivity index (χ1v) is 8.61. The highest BCUT2D eigenvalue weighted by atomic mass is 19.4. The third-order valence-corrected chi connectivity index (χ3v) is 4.70. The summed E-state index contributed by atoms with van der Waals surface area (Å²) >= 11 is 0. The molecular formula is C20H18F3N3O. The van der Waals surface area contributed by atoms with Crippen LogP contribution in [-0.4, -0.2) is 23.4 Å². The summed E-state index contributed by atoms with van der Waals surface area (Å²) in [4.78, 5) is 0. The highest BCUT2D eigenvalue weighted by molar-refractivity contribution is 5.59. The Balaban J connectivity index is 1.76. The smallest absolute Gasteiger partial charge is 0.418 e. The van der Waals surface area contributed by atoms with Crippen LogP contribution in [0.15, 0.2) is 48.5 Å². The standard InChI is InChI=1S/C20H18F3N3O/c1-27-14-8-6-13(7-9-14)12-17-15-10-11-24-19(15)26(25-17)18-5-3-2-4-16(18)20(21,22)23/h2-9,24H,10-12H2,1H3. The predicted molar refractivity (Wildman–Crippen MR) is 96.6 cm³/mol. The average molecular weight is 373 g/mol. The Labute approximate surface area is 154 Å². The van der Waals surface area contributed by atoms with E-state index in [1.54, 1.807) is 13.2 Å². The van der Waals surface area contributed by atoms with Crippen LogP contribution in [0.4, 0.5) is 19.0 Å². The van der Waals surface area contributed by atoms with Gasteiger partial charge in [-0.2, -0.15) is 18.3 Å². The molecule has 0 saturated heterocycles. The molecule has 1 N–H and O–H groups in total. The summed E-state index contributed by atoms with van der Waals surface area (Å²) in [6, 6.07) is 13.1. The van der Waals surface area contributed by atoms with Gasteiger partial charge in [0.1, 0.15) is 11.6 Å². The van der Waals surface area contributed by atoms with Crippen LogP contribution < -0.4 is 10.1 Å². The van der Waals surface area contributed by atoms with Gasteiger partial charge in [0, 0.05) is 18.5 Å². The second kappa shape index (κ2) is 6.64. The second-order valence-electron chi connectivity index (χ2n) is 6.40. The van der Waals surface area contributed by atoms with Crippen LogP contribution >= 0.6 is 0 Å². The first kappa shape index (κ1) is 17.5. The molecule has 0 aliphatic carbocycles. The van der Waals surface area contributed by atoms with Crippen molar-refractivity contribution in [2.75, 3.05) is 19.0 Å². The number of alkyl halides is 3. The van der Waals surface area contributed by atoms with E-state index in [1.807, 2.05) is 24.3 Å². The number of nitrogens with one attached hydrogen (secondary N) is 1. The van der Waals surface area contributed by atoms with Crippen molar-refractivity contribution in [3.05, 3.63) is 70.9 Å². The van der Waals surface area contributed by atoms with E-state index in [0.717, 1.165) is 35.1 Å².